The molecule has 0 aromatic heterocycles. The number of likely N-dealkylation sites (tertiary alicyclic amines) is 1. The molecule has 96 valence electrons. The van der Waals surface area contributed by atoms with E-state index in [0.717, 1.165) is 5.92 Å². The van der Waals surface area contributed by atoms with Gasteiger partial charge in [-0.2, -0.15) is 0 Å². The minimum atomic E-state index is 0. The molecule has 1 fully saturated rings. The van der Waals surface area contributed by atoms with E-state index in [-0.39, 0.29) is 11.0 Å². The van der Waals surface area contributed by atoms with Crippen molar-refractivity contribution in [3.63, 3.8) is 0 Å². The van der Waals surface area contributed by atoms with E-state index >= 15 is 0 Å². The van der Waals surface area contributed by atoms with Crippen LogP contribution in [0.3, 0.4) is 0 Å². The molecule has 0 bridgehead atoms. The Labute approximate surface area is 95.5 Å². The van der Waals surface area contributed by atoms with Crippen LogP contribution in [0, 0.1) is 5.92 Å². The standard InChI is InChI=1S/C7H15N.C5H12.2H2O/c1-7-4-3-5-8(2)6-7;1-3-5-4-2;;/h7H,3-6H2,1-2H3;3-5H2,1-2H3;2*1H2. The Hall–Kier alpha value is -0.120. The van der Waals surface area contributed by atoms with Crippen LogP contribution in [0.25, 0.3) is 0 Å². The van der Waals surface area contributed by atoms with Crippen LogP contribution in [0.1, 0.15) is 52.9 Å². The Morgan fingerprint density at radius 3 is 1.87 bits per heavy atom. The number of hydrogen-bond donors (Lipinski definition) is 0. The van der Waals surface area contributed by atoms with Gasteiger partial charge in [0.2, 0.25) is 0 Å². The molecule has 0 aliphatic carbocycles. The zero-order valence-corrected chi connectivity index (χ0v) is 11.0. The van der Waals surface area contributed by atoms with Crippen LogP contribution in [-0.4, -0.2) is 36.0 Å². The summed E-state index contributed by atoms with van der Waals surface area (Å²) in [6.45, 7) is 9.37. The van der Waals surface area contributed by atoms with Crippen molar-refractivity contribution in [3.05, 3.63) is 0 Å². The van der Waals surface area contributed by atoms with Gasteiger partial charge in [0.05, 0.1) is 0 Å². The molecule has 0 aromatic rings. The number of hydrogen-bond acceptors (Lipinski definition) is 1. The first-order valence-corrected chi connectivity index (χ1v) is 5.89. The van der Waals surface area contributed by atoms with Crippen LogP contribution in [0.4, 0.5) is 0 Å². The van der Waals surface area contributed by atoms with Crippen molar-refractivity contribution in [3.8, 4) is 0 Å². The first-order chi connectivity index (χ1) is 6.20. The topological polar surface area (TPSA) is 66.2 Å². The summed E-state index contributed by atoms with van der Waals surface area (Å²) in [7, 11) is 2.20. The molecule has 1 rings (SSSR count). The maximum atomic E-state index is 2.41. The molecular formula is C12H31NO2. The number of unbranched alkanes of at least 4 members (excludes halogenated alkanes) is 2. The maximum Gasteiger partial charge on any atom is 0.000398 e. The second-order valence-corrected chi connectivity index (χ2v) is 4.36. The number of piperidine rings is 1. The van der Waals surface area contributed by atoms with Crippen LogP contribution in [0.5, 0.6) is 0 Å². The molecule has 15 heavy (non-hydrogen) atoms. The van der Waals surface area contributed by atoms with E-state index in [1.165, 1.54) is 45.2 Å². The van der Waals surface area contributed by atoms with Gasteiger partial charge in [0.1, 0.15) is 0 Å². The van der Waals surface area contributed by atoms with Gasteiger partial charge >= 0.3 is 0 Å². The zero-order valence-electron chi connectivity index (χ0n) is 11.0. The fourth-order valence-corrected chi connectivity index (χ4v) is 1.78. The average molecular weight is 221 g/mol. The van der Waals surface area contributed by atoms with Crippen LogP contribution in [-0.2, 0) is 0 Å². The lowest BCUT2D eigenvalue weighted by atomic mass is 10.0. The summed E-state index contributed by atoms with van der Waals surface area (Å²) in [6, 6.07) is 0. The summed E-state index contributed by atoms with van der Waals surface area (Å²) >= 11 is 0. The fraction of sp³-hybridized carbons (Fsp3) is 1.00. The summed E-state index contributed by atoms with van der Waals surface area (Å²) in [4.78, 5) is 2.41. The van der Waals surface area contributed by atoms with Gasteiger partial charge in [-0.25, -0.2) is 0 Å². The molecule has 1 saturated heterocycles. The van der Waals surface area contributed by atoms with Crippen molar-refractivity contribution in [2.75, 3.05) is 20.1 Å². The van der Waals surface area contributed by atoms with Gasteiger partial charge in [-0.15, -0.1) is 0 Å². The van der Waals surface area contributed by atoms with Crippen molar-refractivity contribution in [1.82, 2.24) is 4.90 Å². The van der Waals surface area contributed by atoms with E-state index in [1.807, 2.05) is 0 Å². The van der Waals surface area contributed by atoms with Crippen LogP contribution in [0.2, 0.25) is 0 Å². The summed E-state index contributed by atoms with van der Waals surface area (Å²) in [5.41, 5.74) is 0. The third kappa shape index (κ3) is 13.9. The fourth-order valence-electron chi connectivity index (χ4n) is 1.78. The minimum absolute atomic E-state index is 0. The van der Waals surface area contributed by atoms with Crippen molar-refractivity contribution in [1.29, 1.82) is 0 Å². The van der Waals surface area contributed by atoms with Crippen molar-refractivity contribution in [2.45, 2.75) is 52.9 Å². The van der Waals surface area contributed by atoms with Gasteiger partial charge < -0.3 is 15.9 Å². The summed E-state index contributed by atoms with van der Waals surface area (Å²) < 4.78 is 0. The Kier molecular flexibility index (Phi) is 18.8. The third-order valence-corrected chi connectivity index (χ3v) is 2.57. The predicted octanol–water partition coefficient (Wildman–Crippen LogP) is 1.90. The largest absolute Gasteiger partial charge is 0.412 e. The normalized spacial score (nSPS) is 20.4. The van der Waals surface area contributed by atoms with Gasteiger partial charge in [-0.1, -0.05) is 40.0 Å². The highest BCUT2D eigenvalue weighted by atomic mass is 16.0. The molecular weight excluding hydrogens is 190 g/mol. The molecule has 1 atom stereocenters. The molecule has 0 amide bonds. The molecule has 3 nitrogen and oxygen atoms in total. The second kappa shape index (κ2) is 13.9. The lowest BCUT2D eigenvalue weighted by Crippen LogP contribution is -2.30. The van der Waals surface area contributed by atoms with Gasteiger partial charge in [0, 0.05) is 6.54 Å². The van der Waals surface area contributed by atoms with Crippen molar-refractivity contribution in [2.24, 2.45) is 5.92 Å². The molecule has 0 radical (unpaired) electrons. The van der Waals surface area contributed by atoms with E-state index in [2.05, 4.69) is 32.7 Å². The smallest absolute Gasteiger partial charge is 0.000398 e. The lowest BCUT2D eigenvalue weighted by Gasteiger charge is -2.26. The molecule has 0 aromatic carbocycles. The maximum absolute atomic E-state index is 2.41. The first-order valence-electron chi connectivity index (χ1n) is 5.89. The molecule has 0 spiro atoms. The average Bonchev–Trinajstić information content (AvgIpc) is 2.06. The van der Waals surface area contributed by atoms with E-state index in [4.69, 9.17) is 0 Å². The number of rotatable bonds is 2. The zero-order chi connectivity index (χ0) is 10.1. The van der Waals surface area contributed by atoms with Gasteiger partial charge in [0.15, 0.2) is 0 Å². The van der Waals surface area contributed by atoms with Gasteiger partial charge in [0.25, 0.3) is 0 Å². The molecule has 1 aliphatic heterocycles. The Balaban J connectivity index is -0.000000185. The molecule has 1 unspecified atom stereocenters. The van der Waals surface area contributed by atoms with Gasteiger partial charge in [-0.05, 0) is 32.4 Å². The Morgan fingerprint density at radius 2 is 1.67 bits per heavy atom. The summed E-state index contributed by atoms with van der Waals surface area (Å²) in [5, 5.41) is 0. The molecule has 0 saturated carbocycles. The highest BCUT2D eigenvalue weighted by Crippen LogP contribution is 2.12. The van der Waals surface area contributed by atoms with Crippen LogP contribution >= 0.6 is 0 Å². The summed E-state index contributed by atoms with van der Waals surface area (Å²) in [6.07, 6.45) is 6.91. The van der Waals surface area contributed by atoms with E-state index in [9.17, 15) is 0 Å². The first kappa shape index (κ1) is 20.3. The molecule has 1 heterocycles. The third-order valence-electron chi connectivity index (χ3n) is 2.57. The molecule has 4 N–H and O–H groups in total. The lowest BCUT2D eigenvalue weighted by molar-refractivity contribution is 0.221. The Morgan fingerprint density at radius 1 is 1.13 bits per heavy atom. The SMILES string of the molecule is CC1CCCN(C)C1.CCCCC.O.O. The number of nitrogens with zero attached hydrogens (tertiary/aromatic N) is 1. The van der Waals surface area contributed by atoms with Crippen molar-refractivity contribution < 1.29 is 11.0 Å². The molecule has 1 aliphatic rings. The highest BCUT2D eigenvalue weighted by molar-refractivity contribution is 4.65. The van der Waals surface area contributed by atoms with Crippen LogP contribution in [0.15, 0.2) is 0 Å². The van der Waals surface area contributed by atoms with Gasteiger partial charge in [-0.3, -0.25) is 0 Å². The quantitative estimate of drug-likeness (QED) is 0.702. The highest BCUT2D eigenvalue weighted by Gasteiger charge is 2.11. The van der Waals surface area contributed by atoms with Crippen molar-refractivity contribution >= 4 is 0 Å². The second-order valence-electron chi connectivity index (χ2n) is 4.36. The Bertz CT molecular complexity index is 99.8. The summed E-state index contributed by atoms with van der Waals surface area (Å²) in [5.74, 6) is 0.939. The predicted molar refractivity (Wildman–Crippen MR) is 68.3 cm³/mol. The van der Waals surface area contributed by atoms with Crippen LogP contribution < -0.4 is 0 Å². The monoisotopic (exact) mass is 221 g/mol. The van der Waals surface area contributed by atoms with E-state index < -0.39 is 0 Å². The van der Waals surface area contributed by atoms with E-state index in [1.54, 1.807) is 0 Å². The van der Waals surface area contributed by atoms with E-state index in [0.29, 0.717) is 0 Å². The minimum Gasteiger partial charge on any atom is -0.412 e. The molecule has 3 heteroatoms.